The fourth-order valence-electron chi connectivity index (χ4n) is 4.21. The molecule has 0 spiro atoms. The Kier molecular flexibility index (Phi) is 7.20. The highest BCUT2D eigenvalue weighted by Gasteiger charge is 2.24. The summed E-state index contributed by atoms with van der Waals surface area (Å²) in [5, 5.41) is 15.5. The van der Waals surface area contributed by atoms with Crippen LogP contribution >= 0.6 is 11.6 Å². The smallest absolute Gasteiger partial charge is 0.320 e. The van der Waals surface area contributed by atoms with Gasteiger partial charge in [-0.15, -0.1) is 0 Å². The van der Waals surface area contributed by atoms with Gasteiger partial charge in [-0.05, 0) is 56.3 Å². The zero-order chi connectivity index (χ0) is 23.4. The zero-order valence-corrected chi connectivity index (χ0v) is 19.8. The summed E-state index contributed by atoms with van der Waals surface area (Å²) >= 11 is 6.10. The molecular weight excluding hydrogens is 438 g/mol. The van der Waals surface area contributed by atoms with E-state index < -0.39 is 0 Å². The number of rotatable bonds is 6. The van der Waals surface area contributed by atoms with Crippen LogP contribution in [0.3, 0.4) is 0 Å². The topological polar surface area (TPSA) is 71.9 Å². The maximum Gasteiger partial charge on any atom is 0.320 e. The van der Waals surface area contributed by atoms with E-state index in [0.29, 0.717) is 24.7 Å². The van der Waals surface area contributed by atoms with E-state index in [1.165, 1.54) is 0 Å². The Morgan fingerprint density at radius 2 is 1.85 bits per heavy atom. The van der Waals surface area contributed by atoms with E-state index in [4.69, 9.17) is 11.6 Å². The van der Waals surface area contributed by atoms with E-state index in [-0.39, 0.29) is 11.8 Å². The fourth-order valence-corrected chi connectivity index (χ4v) is 4.37. The molecule has 174 valence electrons. The number of hydrogen-bond acceptors (Lipinski definition) is 5. The third-order valence-corrected chi connectivity index (χ3v) is 6.37. The van der Waals surface area contributed by atoms with Crippen LogP contribution in [0.4, 0.5) is 16.2 Å². The number of carbonyl (C=O) groups is 1. The summed E-state index contributed by atoms with van der Waals surface area (Å²) in [7, 11) is 0. The lowest BCUT2D eigenvalue weighted by atomic mass is 10.1. The number of anilines is 2. The van der Waals surface area contributed by atoms with Crippen LogP contribution in [0, 0.1) is 0 Å². The summed E-state index contributed by atoms with van der Waals surface area (Å²) in [6, 6.07) is 13.2. The van der Waals surface area contributed by atoms with E-state index in [9.17, 15) is 9.90 Å². The monoisotopic (exact) mass is 467 g/mol. The van der Waals surface area contributed by atoms with Gasteiger partial charge in [0.25, 0.3) is 0 Å². The van der Waals surface area contributed by atoms with Crippen molar-refractivity contribution in [2.45, 2.75) is 20.4 Å². The number of carbonyl (C=O) groups excluding carboxylic acids is 1. The first-order valence-electron chi connectivity index (χ1n) is 11.4. The van der Waals surface area contributed by atoms with Crippen molar-refractivity contribution in [3.05, 3.63) is 59.2 Å². The first-order valence-corrected chi connectivity index (χ1v) is 11.8. The van der Waals surface area contributed by atoms with Crippen LogP contribution in [0.15, 0.2) is 48.7 Å². The van der Waals surface area contributed by atoms with Crippen LogP contribution in [0.1, 0.15) is 19.4 Å². The number of hydrogen-bond donors (Lipinski definition) is 2. The van der Waals surface area contributed by atoms with Gasteiger partial charge in [0.15, 0.2) is 0 Å². The predicted octanol–water partition coefficient (Wildman–Crippen LogP) is 4.92. The van der Waals surface area contributed by atoms with Crippen molar-refractivity contribution in [1.29, 1.82) is 0 Å². The van der Waals surface area contributed by atoms with Gasteiger partial charge in [0.05, 0.1) is 5.52 Å². The number of nitrogens with zero attached hydrogens (tertiary/aromatic N) is 4. The number of amides is 2. The second-order valence-corrected chi connectivity index (χ2v) is 8.64. The number of pyridine rings is 1. The highest BCUT2D eigenvalue weighted by Crippen LogP contribution is 2.30. The van der Waals surface area contributed by atoms with Crippen LogP contribution in [0.25, 0.3) is 10.9 Å². The van der Waals surface area contributed by atoms with Crippen LogP contribution in [0.5, 0.6) is 5.75 Å². The normalized spacial score (nSPS) is 14.5. The maximum atomic E-state index is 12.6. The molecule has 1 aromatic heterocycles. The zero-order valence-electron chi connectivity index (χ0n) is 19.1. The van der Waals surface area contributed by atoms with Crippen molar-refractivity contribution in [1.82, 2.24) is 19.7 Å². The molecule has 2 N–H and O–H groups in total. The largest absolute Gasteiger partial charge is 0.508 e. The number of piperazine rings is 1. The van der Waals surface area contributed by atoms with Gasteiger partial charge in [-0.1, -0.05) is 11.6 Å². The molecule has 1 fully saturated rings. The van der Waals surface area contributed by atoms with Crippen LogP contribution in [-0.2, 0) is 6.54 Å². The third kappa shape index (κ3) is 5.31. The molecule has 0 unspecified atom stereocenters. The lowest BCUT2D eigenvalue weighted by molar-refractivity contribution is 0.112. The Balaban J connectivity index is 1.43. The molecule has 1 saturated heterocycles. The molecule has 4 rings (SSSR count). The Morgan fingerprint density at radius 3 is 2.58 bits per heavy atom. The Labute approximate surface area is 199 Å². The van der Waals surface area contributed by atoms with Gasteiger partial charge in [0.2, 0.25) is 0 Å². The summed E-state index contributed by atoms with van der Waals surface area (Å²) in [6.07, 6.45) is 1.75. The van der Waals surface area contributed by atoms with E-state index in [1.807, 2.05) is 60.0 Å². The molecule has 2 amide bonds. The van der Waals surface area contributed by atoms with Gasteiger partial charge >= 0.3 is 6.03 Å². The van der Waals surface area contributed by atoms with Crippen LogP contribution in [-0.4, -0.2) is 70.1 Å². The number of phenolic OH excluding ortho intramolecular Hbond substituents is 1. The second kappa shape index (κ2) is 10.3. The second-order valence-electron chi connectivity index (χ2n) is 8.21. The van der Waals surface area contributed by atoms with Gasteiger partial charge in [-0.3, -0.25) is 9.88 Å². The Morgan fingerprint density at radius 1 is 1.09 bits per heavy atom. The van der Waals surface area contributed by atoms with Gasteiger partial charge < -0.3 is 20.2 Å². The van der Waals surface area contributed by atoms with Crippen LogP contribution in [0.2, 0.25) is 5.02 Å². The molecule has 0 bridgehead atoms. The number of phenols is 1. The number of aromatic nitrogens is 1. The molecule has 0 aliphatic carbocycles. The third-order valence-electron chi connectivity index (χ3n) is 6.13. The number of nitrogens with one attached hydrogen (secondary N) is 1. The maximum absolute atomic E-state index is 12.6. The number of fused-ring (bicyclic) bond motifs is 1. The number of urea groups is 1. The molecule has 7 nitrogen and oxygen atoms in total. The van der Waals surface area contributed by atoms with Gasteiger partial charge in [0.1, 0.15) is 5.75 Å². The molecule has 0 radical (unpaired) electrons. The SMILES string of the molecule is CCN(CC)C(=O)N1CCN(Cc2cc(Nc3ccnc4cc(Cl)ccc34)ccc2O)CC1. The minimum atomic E-state index is 0.111. The molecular formula is C25H30ClN5O2. The predicted molar refractivity (Wildman–Crippen MR) is 133 cm³/mol. The van der Waals surface area contributed by atoms with Crippen molar-refractivity contribution in [3.63, 3.8) is 0 Å². The average molecular weight is 468 g/mol. The molecule has 1 aliphatic rings. The molecule has 3 aromatic rings. The summed E-state index contributed by atoms with van der Waals surface area (Å²) in [4.78, 5) is 23.0. The quantitative estimate of drug-likeness (QED) is 0.503. The number of halogens is 1. The summed E-state index contributed by atoms with van der Waals surface area (Å²) < 4.78 is 0. The van der Waals surface area contributed by atoms with Gasteiger partial charge in [-0.2, -0.15) is 0 Å². The minimum Gasteiger partial charge on any atom is -0.508 e. The molecule has 0 saturated carbocycles. The van der Waals surface area contributed by atoms with Gasteiger partial charge in [0, 0.05) is 79.4 Å². The van der Waals surface area contributed by atoms with Gasteiger partial charge in [-0.25, -0.2) is 4.79 Å². The van der Waals surface area contributed by atoms with Crippen molar-refractivity contribution < 1.29 is 9.90 Å². The summed E-state index contributed by atoms with van der Waals surface area (Å²) in [6.45, 7) is 9.03. The molecule has 2 aromatic carbocycles. The van der Waals surface area contributed by atoms with Crippen molar-refractivity contribution in [3.8, 4) is 5.75 Å². The lowest BCUT2D eigenvalue weighted by Crippen LogP contribution is -2.52. The van der Waals surface area contributed by atoms with Crippen molar-refractivity contribution in [2.75, 3.05) is 44.6 Å². The first-order chi connectivity index (χ1) is 16.0. The molecule has 2 heterocycles. The summed E-state index contributed by atoms with van der Waals surface area (Å²) in [5.74, 6) is 0.272. The van der Waals surface area contributed by atoms with Crippen molar-refractivity contribution in [2.24, 2.45) is 0 Å². The highest BCUT2D eigenvalue weighted by molar-refractivity contribution is 6.31. The number of aromatic hydroxyl groups is 1. The highest BCUT2D eigenvalue weighted by atomic mass is 35.5. The average Bonchev–Trinajstić information content (AvgIpc) is 2.82. The fraction of sp³-hybridized carbons (Fsp3) is 0.360. The molecule has 0 atom stereocenters. The minimum absolute atomic E-state index is 0.111. The standard InChI is InChI=1S/C25H30ClN5O2/c1-3-30(4-2)25(33)31-13-11-29(12-14-31)17-18-15-20(6-8-24(18)32)28-22-9-10-27-23-16-19(26)5-7-21(22)23/h5-10,15-16,32H,3-4,11-14,17H2,1-2H3,(H,27,28). The lowest BCUT2D eigenvalue weighted by Gasteiger charge is -2.37. The van der Waals surface area contributed by atoms with E-state index in [0.717, 1.165) is 54.0 Å². The Hall–Kier alpha value is -3.03. The first kappa shape index (κ1) is 23.1. The number of benzene rings is 2. The van der Waals surface area contributed by atoms with Crippen molar-refractivity contribution >= 4 is 39.9 Å². The molecule has 1 aliphatic heterocycles. The molecule has 8 heteroatoms. The van der Waals surface area contributed by atoms with E-state index in [1.54, 1.807) is 12.3 Å². The van der Waals surface area contributed by atoms with E-state index >= 15 is 0 Å². The summed E-state index contributed by atoms with van der Waals surface area (Å²) in [5.41, 5.74) is 3.49. The van der Waals surface area contributed by atoms with E-state index in [2.05, 4.69) is 15.2 Å². The molecule has 33 heavy (non-hydrogen) atoms. The van der Waals surface area contributed by atoms with Crippen LogP contribution < -0.4 is 5.32 Å². The Bertz CT molecular complexity index is 1130.